The van der Waals surface area contributed by atoms with E-state index in [-0.39, 0.29) is 5.41 Å². The molecule has 1 aliphatic heterocycles. The van der Waals surface area contributed by atoms with Gasteiger partial charge in [-0.1, -0.05) is 54.9 Å². The van der Waals surface area contributed by atoms with Gasteiger partial charge < -0.3 is 10.6 Å². The van der Waals surface area contributed by atoms with Gasteiger partial charge in [-0.25, -0.2) is 0 Å². The van der Waals surface area contributed by atoms with Gasteiger partial charge in [0.05, 0.1) is 0 Å². The molecule has 0 atom stereocenters. The first-order valence-corrected chi connectivity index (χ1v) is 8.83. The second kappa shape index (κ2) is 7.04. The third-order valence-electron chi connectivity index (χ3n) is 5.31. The van der Waals surface area contributed by atoms with Crippen LogP contribution in [0.25, 0.3) is 11.1 Å². The molecule has 3 rings (SSSR count). The maximum absolute atomic E-state index is 6.19. The molecule has 0 spiro atoms. The Balaban J connectivity index is 1.83. The van der Waals surface area contributed by atoms with Crippen molar-refractivity contribution in [3.63, 3.8) is 0 Å². The number of piperidine rings is 1. The van der Waals surface area contributed by atoms with E-state index >= 15 is 0 Å². The van der Waals surface area contributed by atoms with Crippen LogP contribution >= 0.6 is 11.6 Å². The number of likely N-dealkylation sites (tertiary alicyclic amines) is 1. The first-order chi connectivity index (χ1) is 11.2. The van der Waals surface area contributed by atoms with E-state index in [1.165, 1.54) is 11.1 Å². The Morgan fingerprint density at radius 1 is 1.04 bits per heavy atom. The van der Waals surface area contributed by atoms with Crippen LogP contribution in [0.15, 0.2) is 48.5 Å². The molecule has 2 N–H and O–H groups in total. The van der Waals surface area contributed by atoms with Crippen molar-refractivity contribution in [2.45, 2.75) is 25.2 Å². The van der Waals surface area contributed by atoms with E-state index < -0.39 is 0 Å². The first kappa shape index (κ1) is 16.5. The quantitative estimate of drug-likeness (QED) is 0.905. The van der Waals surface area contributed by atoms with Crippen molar-refractivity contribution in [2.75, 3.05) is 26.2 Å². The number of nitrogens with zero attached hydrogens (tertiary/aromatic N) is 1. The molecule has 1 saturated heterocycles. The van der Waals surface area contributed by atoms with Crippen molar-refractivity contribution in [1.82, 2.24) is 4.90 Å². The van der Waals surface area contributed by atoms with Crippen LogP contribution in [0.3, 0.4) is 0 Å². The fraction of sp³-hybridized carbons (Fsp3) is 0.400. The van der Waals surface area contributed by atoms with Gasteiger partial charge >= 0.3 is 0 Å². The van der Waals surface area contributed by atoms with Crippen LogP contribution in [0, 0.1) is 0 Å². The Morgan fingerprint density at radius 2 is 1.74 bits per heavy atom. The lowest BCUT2D eigenvalue weighted by atomic mass is 9.72. The molecule has 1 heterocycles. The van der Waals surface area contributed by atoms with E-state index in [0.29, 0.717) is 0 Å². The molecule has 0 aromatic heterocycles. The maximum Gasteiger partial charge on any atom is 0.0412 e. The third kappa shape index (κ3) is 3.45. The Bertz CT molecular complexity index is 643. The standard InChI is InChI=1S/C20H25ClN2/c1-2-23-12-10-20(15-22,11-13-23)18-8-6-16(7-9-18)17-4-3-5-19(21)14-17/h3-9,14H,2,10-13,15,22H2,1H3. The highest BCUT2D eigenvalue weighted by Crippen LogP contribution is 2.35. The fourth-order valence-electron chi connectivity index (χ4n) is 3.59. The highest BCUT2D eigenvalue weighted by molar-refractivity contribution is 6.30. The molecule has 23 heavy (non-hydrogen) atoms. The molecule has 2 nitrogen and oxygen atoms in total. The van der Waals surface area contributed by atoms with Gasteiger partial charge in [0, 0.05) is 17.0 Å². The van der Waals surface area contributed by atoms with Crippen LogP contribution in [-0.4, -0.2) is 31.1 Å². The van der Waals surface area contributed by atoms with Gasteiger partial charge in [0.15, 0.2) is 0 Å². The number of halogens is 1. The number of rotatable bonds is 4. The summed E-state index contributed by atoms with van der Waals surface area (Å²) in [6.45, 7) is 6.37. The van der Waals surface area contributed by atoms with Gasteiger partial charge in [-0.15, -0.1) is 0 Å². The molecule has 122 valence electrons. The van der Waals surface area contributed by atoms with Crippen LogP contribution in [0.4, 0.5) is 0 Å². The minimum atomic E-state index is 0.137. The molecule has 1 fully saturated rings. The molecular weight excluding hydrogens is 304 g/mol. The first-order valence-electron chi connectivity index (χ1n) is 8.46. The maximum atomic E-state index is 6.19. The second-order valence-electron chi connectivity index (χ2n) is 6.51. The minimum absolute atomic E-state index is 0.137. The normalized spacial score (nSPS) is 18.0. The zero-order valence-electron chi connectivity index (χ0n) is 13.8. The SMILES string of the molecule is CCN1CCC(CN)(c2ccc(-c3cccc(Cl)c3)cc2)CC1. The molecule has 0 amide bonds. The smallest absolute Gasteiger partial charge is 0.0412 e. The highest BCUT2D eigenvalue weighted by Gasteiger charge is 2.34. The van der Waals surface area contributed by atoms with Gasteiger partial charge in [-0.2, -0.15) is 0 Å². The number of nitrogens with two attached hydrogens (primary N) is 1. The van der Waals surface area contributed by atoms with E-state index in [0.717, 1.165) is 49.6 Å². The summed E-state index contributed by atoms with van der Waals surface area (Å²) in [6, 6.07) is 16.9. The summed E-state index contributed by atoms with van der Waals surface area (Å²) >= 11 is 6.10. The van der Waals surface area contributed by atoms with Crippen LogP contribution in [0.1, 0.15) is 25.3 Å². The molecule has 2 aromatic carbocycles. The minimum Gasteiger partial charge on any atom is -0.330 e. The molecule has 1 aliphatic rings. The summed E-state index contributed by atoms with van der Waals surface area (Å²) in [5.74, 6) is 0. The molecule has 3 heteroatoms. The monoisotopic (exact) mass is 328 g/mol. The van der Waals surface area contributed by atoms with Crippen LogP contribution < -0.4 is 5.73 Å². The van der Waals surface area contributed by atoms with Crippen molar-refractivity contribution in [3.8, 4) is 11.1 Å². The van der Waals surface area contributed by atoms with Gasteiger partial charge in [0.25, 0.3) is 0 Å². The Morgan fingerprint density at radius 3 is 2.30 bits per heavy atom. The third-order valence-corrected chi connectivity index (χ3v) is 5.54. The van der Waals surface area contributed by atoms with Crippen molar-refractivity contribution >= 4 is 11.6 Å². The van der Waals surface area contributed by atoms with E-state index in [9.17, 15) is 0 Å². The summed E-state index contributed by atoms with van der Waals surface area (Å²) in [5, 5.41) is 0.775. The zero-order chi connectivity index (χ0) is 16.3. The van der Waals surface area contributed by atoms with E-state index in [4.69, 9.17) is 17.3 Å². The molecule has 0 saturated carbocycles. The average molecular weight is 329 g/mol. The van der Waals surface area contributed by atoms with Crippen molar-refractivity contribution in [3.05, 3.63) is 59.1 Å². The summed E-state index contributed by atoms with van der Waals surface area (Å²) in [5.41, 5.74) is 10.1. The molecule has 0 aliphatic carbocycles. The second-order valence-corrected chi connectivity index (χ2v) is 6.94. The van der Waals surface area contributed by atoms with Crippen LogP contribution in [0.2, 0.25) is 5.02 Å². The molecule has 0 radical (unpaired) electrons. The summed E-state index contributed by atoms with van der Waals surface area (Å²) in [4.78, 5) is 2.51. The van der Waals surface area contributed by atoms with Crippen LogP contribution in [0.5, 0.6) is 0 Å². The lowest BCUT2D eigenvalue weighted by Crippen LogP contribution is -2.46. The average Bonchev–Trinajstić information content (AvgIpc) is 2.62. The van der Waals surface area contributed by atoms with Crippen molar-refractivity contribution in [1.29, 1.82) is 0 Å². The topological polar surface area (TPSA) is 29.3 Å². The van der Waals surface area contributed by atoms with Crippen molar-refractivity contribution in [2.24, 2.45) is 5.73 Å². The van der Waals surface area contributed by atoms with Gasteiger partial charge in [0.1, 0.15) is 0 Å². The Kier molecular flexibility index (Phi) is 5.05. The van der Waals surface area contributed by atoms with Gasteiger partial charge in [-0.05, 0) is 61.3 Å². The Labute approximate surface area is 144 Å². The summed E-state index contributed by atoms with van der Waals surface area (Å²) in [7, 11) is 0. The number of hydrogen-bond acceptors (Lipinski definition) is 2. The zero-order valence-corrected chi connectivity index (χ0v) is 14.5. The highest BCUT2D eigenvalue weighted by atomic mass is 35.5. The van der Waals surface area contributed by atoms with Gasteiger partial charge in [-0.3, -0.25) is 0 Å². The molecule has 2 aromatic rings. The Hall–Kier alpha value is -1.35. The lowest BCUT2D eigenvalue weighted by molar-refractivity contribution is 0.169. The fourth-order valence-corrected chi connectivity index (χ4v) is 3.78. The predicted molar refractivity (Wildman–Crippen MR) is 99.0 cm³/mol. The number of hydrogen-bond donors (Lipinski definition) is 1. The summed E-state index contributed by atoms with van der Waals surface area (Å²) in [6.07, 6.45) is 2.29. The molecule has 0 unspecified atom stereocenters. The lowest BCUT2D eigenvalue weighted by Gasteiger charge is -2.41. The molecular formula is C20H25ClN2. The largest absolute Gasteiger partial charge is 0.330 e. The van der Waals surface area contributed by atoms with Gasteiger partial charge in [0.2, 0.25) is 0 Å². The van der Waals surface area contributed by atoms with Crippen LogP contribution in [-0.2, 0) is 5.41 Å². The van der Waals surface area contributed by atoms with E-state index in [2.05, 4.69) is 42.2 Å². The van der Waals surface area contributed by atoms with Crippen molar-refractivity contribution < 1.29 is 0 Å². The summed E-state index contributed by atoms with van der Waals surface area (Å²) < 4.78 is 0. The van der Waals surface area contributed by atoms with E-state index in [1.54, 1.807) is 0 Å². The van der Waals surface area contributed by atoms with E-state index in [1.807, 2.05) is 18.2 Å². The molecule has 0 bridgehead atoms. The number of benzene rings is 2. The predicted octanol–water partition coefficient (Wildman–Crippen LogP) is 4.32.